The summed E-state index contributed by atoms with van der Waals surface area (Å²) in [5.41, 5.74) is 4.09. The number of aromatic amines is 1. The zero-order valence-electron chi connectivity index (χ0n) is 16.2. The Balaban J connectivity index is 1.54. The molecule has 0 spiro atoms. The first-order chi connectivity index (χ1) is 13.0. The van der Waals surface area contributed by atoms with Crippen molar-refractivity contribution in [2.75, 3.05) is 33.7 Å². The molecule has 1 aliphatic heterocycles. The SMILES string of the molecule is CN(C)CCNC(=O)c1ccc2[nH]c3c(c2c1)CN(C(=O)C1CCC1)CC3. The van der Waals surface area contributed by atoms with Crippen LogP contribution < -0.4 is 5.32 Å². The molecule has 1 aromatic carbocycles. The predicted octanol–water partition coefficient (Wildman–Crippen LogP) is 2.14. The van der Waals surface area contributed by atoms with Gasteiger partial charge in [-0.3, -0.25) is 9.59 Å². The molecule has 2 amide bonds. The van der Waals surface area contributed by atoms with Gasteiger partial charge in [0.1, 0.15) is 0 Å². The largest absolute Gasteiger partial charge is 0.358 e. The Bertz CT molecular complexity index is 866. The van der Waals surface area contributed by atoms with Gasteiger partial charge in [-0.15, -0.1) is 0 Å². The zero-order chi connectivity index (χ0) is 19.0. The van der Waals surface area contributed by atoms with Gasteiger partial charge in [0.05, 0.1) is 0 Å². The number of carbonyl (C=O) groups is 2. The van der Waals surface area contributed by atoms with E-state index in [1.54, 1.807) is 0 Å². The van der Waals surface area contributed by atoms with Crippen molar-refractivity contribution in [2.45, 2.75) is 32.2 Å². The second kappa shape index (κ2) is 7.35. The van der Waals surface area contributed by atoms with Crippen molar-refractivity contribution in [1.29, 1.82) is 0 Å². The first kappa shape index (κ1) is 18.0. The number of carbonyl (C=O) groups excluding carboxylic acids is 2. The normalized spacial score (nSPS) is 17.1. The van der Waals surface area contributed by atoms with Crippen LogP contribution in [0.1, 0.15) is 40.9 Å². The lowest BCUT2D eigenvalue weighted by atomic mass is 9.84. The monoisotopic (exact) mass is 368 g/mol. The molecule has 0 unspecified atom stereocenters. The van der Waals surface area contributed by atoms with Gasteiger partial charge in [0.25, 0.3) is 5.91 Å². The molecule has 1 aromatic heterocycles. The number of rotatable bonds is 5. The summed E-state index contributed by atoms with van der Waals surface area (Å²) in [7, 11) is 3.97. The van der Waals surface area contributed by atoms with Gasteiger partial charge in [-0.25, -0.2) is 0 Å². The molecule has 144 valence electrons. The maximum absolute atomic E-state index is 12.6. The summed E-state index contributed by atoms with van der Waals surface area (Å²) in [6, 6.07) is 5.81. The topological polar surface area (TPSA) is 68.4 Å². The molecule has 1 aliphatic carbocycles. The van der Waals surface area contributed by atoms with E-state index < -0.39 is 0 Å². The second-order valence-electron chi connectivity index (χ2n) is 8.04. The van der Waals surface area contributed by atoms with Gasteiger partial charge in [-0.1, -0.05) is 6.42 Å². The van der Waals surface area contributed by atoms with Crippen LogP contribution in [0.5, 0.6) is 0 Å². The molecule has 1 saturated carbocycles. The van der Waals surface area contributed by atoms with Gasteiger partial charge < -0.3 is 20.1 Å². The summed E-state index contributed by atoms with van der Waals surface area (Å²) in [5, 5.41) is 4.04. The van der Waals surface area contributed by atoms with Crippen molar-refractivity contribution in [1.82, 2.24) is 20.1 Å². The fraction of sp³-hybridized carbons (Fsp3) is 0.524. The van der Waals surface area contributed by atoms with Crippen molar-refractivity contribution in [3.05, 3.63) is 35.0 Å². The molecule has 0 saturated heterocycles. The van der Waals surface area contributed by atoms with Crippen molar-refractivity contribution < 1.29 is 9.59 Å². The highest BCUT2D eigenvalue weighted by Gasteiger charge is 2.32. The summed E-state index contributed by atoms with van der Waals surface area (Å²) in [6.45, 7) is 2.87. The molecule has 0 radical (unpaired) electrons. The summed E-state index contributed by atoms with van der Waals surface area (Å²) >= 11 is 0. The molecule has 0 atom stereocenters. The Morgan fingerprint density at radius 1 is 1.30 bits per heavy atom. The number of hydrogen-bond donors (Lipinski definition) is 2. The molecule has 2 aliphatic rings. The van der Waals surface area contributed by atoms with Crippen LogP contribution in [0, 0.1) is 5.92 Å². The van der Waals surface area contributed by atoms with Crippen LogP contribution in [0.15, 0.2) is 18.2 Å². The molecule has 1 fully saturated rings. The van der Waals surface area contributed by atoms with E-state index in [1.807, 2.05) is 42.1 Å². The van der Waals surface area contributed by atoms with Crippen LogP contribution in [-0.2, 0) is 17.8 Å². The lowest BCUT2D eigenvalue weighted by Gasteiger charge is -2.34. The summed E-state index contributed by atoms with van der Waals surface area (Å²) in [5.74, 6) is 0.487. The highest BCUT2D eigenvalue weighted by Crippen LogP contribution is 2.33. The Morgan fingerprint density at radius 2 is 2.11 bits per heavy atom. The third-order valence-corrected chi connectivity index (χ3v) is 5.85. The highest BCUT2D eigenvalue weighted by atomic mass is 16.2. The summed E-state index contributed by atoms with van der Waals surface area (Å²) < 4.78 is 0. The van der Waals surface area contributed by atoms with E-state index in [4.69, 9.17) is 0 Å². The number of H-pyrrole nitrogens is 1. The third kappa shape index (κ3) is 3.58. The first-order valence-corrected chi connectivity index (χ1v) is 9.88. The quantitative estimate of drug-likeness (QED) is 0.850. The van der Waals surface area contributed by atoms with Crippen molar-refractivity contribution in [3.8, 4) is 0 Å². The van der Waals surface area contributed by atoms with Gasteiger partial charge in [-0.2, -0.15) is 0 Å². The highest BCUT2D eigenvalue weighted by molar-refractivity contribution is 5.99. The van der Waals surface area contributed by atoms with E-state index in [2.05, 4.69) is 10.3 Å². The zero-order valence-corrected chi connectivity index (χ0v) is 16.2. The van der Waals surface area contributed by atoms with Crippen LogP contribution in [0.4, 0.5) is 0 Å². The van der Waals surface area contributed by atoms with E-state index >= 15 is 0 Å². The van der Waals surface area contributed by atoms with Crippen LogP contribution in [-0.4, -0.2) is 60.3 Å². The fourth-order valence-corrected chi connectivity index (χ4v) is 3.95. The second-order valence-corrected chi connectivity index (χ2v) is 8.04. The lowest BCUT2D eigenvalue weighted by Crippen LogP contribution is -2.41. The minimum Gasteiger partial charge on any atom is -0.358 e. The number of hydrogen-bond acceptors (Lipinski definition) is 3. The van der Waals surface area contributed by atoms with E-state index in [0.29, 0.717) is 24.6 Å². The Labute approximate surface area is 159 Å². The maximum Gasteiger partial charge on any atom is 0.251 e. The van der Waals surface area contributed by atoms with Gasteiger partial charge >= 0.3 is 0 Å². The average molecular weight is 368 g/mol. The number of nitrogens with zero attached hydrogens (tertiary/aromatic N) is 2. The Kier molecular flexibility index (Phi) is 4.91. The fourth-order valence-electron chi connectivity index (χ4n) is 3.95. The molecule has 6 heteroatoms. The molecule has 2 N–H and O–H groups in total. The molecule has 6 nitrogen and oxygen atoms in total. The third-order valence-electron chi connectivity index (χ3n) is 5.85. The average Bonchev–Trinajstić information content (AvgIpc) is 2.96. The standard InChI is InChI=1S/C21H28N4O2/c1-24(2)11-9-22-20(26)15-6-7-18-16(12-15)17-13-25(10-8-19(17)23-18)21(27)14-4-3-5-14/h6-7,12,14,23H,3-5,8-11,13H2,1-2H3,(H,22,26). The Morgan fingerprint density at radius 3 is 2.81 bits per heavy atom. The molecule has 2 heterocycles. The number of benzene rings is 1. The summed E-state index contributed by atoms with van der Waals surface area (Å²) in [6.07, 6.45) is 4.10. The van der Waals surface area contributed by atoms with Crippen LogP contribution in [0.3, 0.4) is 0 Å². The van der Waals surface area contributed by atoms with E-state index in [1.165, 1.54) is 17.7 Å². The molecular weight excluding hydrogens is 340 g/mol. The van der Waals surface area contributed by atoms with E-state index in [0.717, 1.165) is 43.3 Å². The van der Waals surface area contributed by atoms with Crippen LogP contribution in [0.25, 0.3) is 10.9 Å². The molecule has 0 bridgehead atoms. The van der Waals surface area contributed by atoms with E-state index in [-0.39, 0.29) is 11.8 Å². The minimum atomic E-state index is -0.0492. The van der Waals surface area contributed by atoms with Gasteiger partial charge in [0, 0.05) is 66.2 Å². The van der Waals surface area contributed by atoms with Gasteiger partial charge in [0.2, 0.25) is 5.91 Å². The van der Waals surface area contributed by atoms with Gasteiger partial charge in [0.15, 0.2) is 0 Å². The van der Waals surface area contributed by atoms with Gasteiger partial charge in [-0.05, 0) is 45.1 Å². The van der Waals surface area contributed by atoms with Crippen LogP contribution >= 0.6 is 0 Å². The number of amides is 2. The number of aromatic nitrogens is 1. The van der Waals surface area contributed by atoms with Crippen molar-refractivity contribution in [3.63, 3.8) is 0 Å². The first-order valence-electron chi connectivity index (χ1n) is 9.88. The van der Waals surface area contributed by atoms with Crippen molar-refractivity contribution in [2.24, 2.45) is 5.92 Å². The minimum absolute atomic E-state index is 0.0492. The van der Waals surface area contributed by atoms with Crippen molar-refractivity contribution >= 4 is 22.7 Å². The molecule has 27 heavy (non-hydrogen) atoms. The number of likely N-dealkylation sites (N-methyl/N-ethyl adjacent to an activating group) is 1. The summed E-state index contributed by atoms with van der Waals surface area (Å²) in [4.78, 5) is 32.6. The molecular formula is C21H28N4O2. The maximum atomic E-state index is 12.6. The molecule has 2 aromatic rings. The molecule has 4 rings (SSSR count). The number of fused-ring (bicyclic) bond motifs is 3. The number of nitrogens with one attached hydrogen (secondary N) is 2. The smallest absolute Gasteiger partial charge is 0.251 e. The lowest BCUT2D eigenvalue weighted by molar-refractivity contribution is -0.139. The predicted molar refractivity (Wildman–Crippen MR) is 106 cm³/mol. The van der Waals surface area contributed by atoms with Crippen LogP contribution in [0.2, 0.25) is 0 Å². The Hall–Kier alpha value is -2.34. The van der Waals surface area contributed by atoms with E-state index in [9.17, 15) is 9.59 Å².